The Balaban J connectivity index is 2.38. The van der Waals surface area contributed by atoms with Gasteiger partial charge < -0.3 is 10.5 Å². The Kier molecular flexibility index (Phi) is 3.10. The second-order valence-corrected chi connectivity index (χ2v) is 3.95. The van der Waals surface area contributed by atoms with E-state index in [0.717, 1.165) is 22.7 Å². The van der Waals surface area contributed by atoms with Gasteiger partial charge in [-0.15, -0.1) is 0 Å². The molecule has 0 aliphatic rings. The van der Waals surface area contributed by atoms with Crippen molar-refractivity contribution in [1.29, 1.82) is 0 Å². The first-order chi connectivity index (χ1) is 8.13. The molecule has 1 atom stereocenters. The van der Waals surface area contributed by atoms with Crippen LogP contribution in [0.4, 0.5) is 0 Å². The smallest absolute Gasteiger partial charge is 0.148 e. The Labute approximate surface area is 100 Å². The maximum Gasteiger partial charge on any atom is 0.148 e. The molecule has 0 amide bonds. The Morgan fingerprint density at radius 2 is 2.18 bits per heavy atom. The summed E-state index contributed by atoms with van der Waals surface area (Å²) in [5.41, 5.74) is 8.20. The van der Waals surface area contributed by atoms with Crippen molar-refractivity contribution in [1.82, 2.24) is 14.8 Å². The second-order valence-electron chi connectivity index (χ2n) is 3.95. The van der Waals surface area contributed by atoms with Gasteiger partial charge in [-0.25, -0.2) is 4.98 Å². The van der Waals surface area contributed by atoms with Crippen molar-refractivity contribution in [2.75, 3.05) is 7.11 Å². The van der Waals surface area contributed by atoms with Crippen LogP contribution in [0.1, 0.15) is 23.0 Å². The van der Waals surface area contributed by atoms with Gasteiger partial charge in [0.2, 0.25) is 0 Å². The minimum atomic E-state index is -0.294. The first-order valence-corrected chi connectivity index (χ1v) is 5.37. The van der Waals surface area contributed by atoms with Crippen LogP contribution < -0.4 is 10.5 Å². The number of hydrogen-bond donors (Lipinski definition) is 1. The summed E-state index contributed by atoms with van der Waals surface area (Å²) in [6, 6.07) is 5.62. The Morgan fingerprint density at radius 1 is 1.41 bits per heavy atom. The quantitative estimate of drug-likeness (QED) is 0.863. The summed E-state index contributed by atoms with van der Waals surface area (Å²) in [4.78, 5) is 4.16. The molecule has 2 aromatic rings. The molecule has 1 unspecified atom stereocenters. The fourth-order valence-corrected chi connectivity index (χ4v) is 1.77. The molecule has 0 spiro atoms. The normalized spacial score (nSPS) is 12.5. The molecule has 2 rings (SSSR count). The molecule has 0 saturated heterocycles. The van der Waals surface area contributed by atoms with Gasteiger partial charge in [0.15, 0.2) is 0 Å². The van der Waals surface area contributed by atoms with Crippen molar-refractivity contribution >= 4 is 0 Å². The van der Waals surface area contributed by atoms with Crippen LogP contribution in [-0.4, -0.2) is 21.9 Å². The first kappa shape index (κ1) is 11.6. The highest BCUT2D eigenvalue weighted by Gasteiger charge is 2.15. The third-order valence-electron chi connectivity index (χ3n) is 2.82. The maximum absolute atomic E-state index is 6.16. The van der Waals surface area contributed by atoms with Crippen LogP contribution in [0.5, 0.6) is 5.75 Å². The van der Waals surface area contributed by atoms with Gasteiger partial charge in [0, 0.05) is 7.05 Å². The molecule has 17 heavy (non-hydrogen) atoms. The van der Waals surface area contributed by atoms with Gasteiger partial charge in [0.1, 0.15) is 17.9 Å². The van der Waals surface area contributed by atoms with Gasteiger partial charge in [-0.1, -0.05) is 12.1 Å². The second kappa shape index (κ2) is 4.55. The molecular weight excluding hydrogens is 216 g/mol. The maximum atomic E-state index is 6.16. The van der Waals surface area contributed by atoms with E-state index >= 15 is 0 Å². The lowest BCUT2D eigenvalue weighted by Gasteiger charge is -2.13. The van der Waals surface area contributed by atoms with E-state index in [2.05, 4.69) is 10.1 Å². The average Bonchev–Trinajstić information content (AvgIpc) is 2.75. The molecule has 0 bridgehead atoms. The summed E-state index contributed by atoms with van der Waals surface area (Å²) in [5, 5.41) is 4.02. The van der Waals surface area contributed by atoms with Gasteiger partial charge in [-0.05, 0) is 24.1 Å². The van der Waals surface area contributed by atoms with E-state index in [9.17, 15) is 0 Å². The van der Waals surface area contributed by atoms with E-state index in [1.54, 1.807) is 11.8 Å². The molecule has 0 saturated carbocycles. The molecule has 5 nitrogen and oxygen atoms in total. The third kappa shape index (κ3) is 2.14. The molecule has 0 fully saturated rings. The number of aryl methyl sites for hydroxylation is 2. The van der Waals surface area contributed by atoms with Crippen molar-refractivity contribution in [3.05, 3.63) is 41.5 Å². The predicted octanol–water partition coefficient (Wildman–Crippen LogP) is 1.18. The lowest BCUT2D eigenvalue weighted by Crippen LogP contribution is -2.17. The van der Waals surface area contributed by atoms with Crippen LogP contribution >= 0.6 is 0 Å². The molecule has 1 aromatic carbocycles. The zero-order valence-electron chi connectivity index (χ0n) is 10.2. The summed E-state index contributed by atoms with van der Waals surface area (Å²) in [6.07, 6.45) is 1.50. The molecule has 0 radical (unpaired) electrons. The van der Waals surface area contributed by atoms with E-state index in [1.165, 1.54) is 6.33 Å². The number of nitrogens with two attached hydrogens (primary N) is 1. The van der Waals surface area contributed by atoms with Crippen LogP contribution in [-0.2, 0) is 7.05 Å². The van der Waals surface area contributed by atoms with Crippen LogP contribution in [0.15, 0.2) is 24.5 Å². The van der Waals surface area contributed by atoms with Crippen molar-refractivity contribution in [3.8, 4) is 5.75 Å². The number of nitrogens with zero attached hydrogens (tertiary/aromatic N) is 3. The Morgan fingerprint density at radius 3 is 2.76 bits per heavy atom. The largest absolute Gasteiger partial charge is 0.496 e. The third-order valence-corrected chi connectivity index (χ3v) is 2.82. The summed E-state index contributed by atoms with van der Waals surface area (Å²) in [7, 11) is 3.48. The van der Waals surface area contributed by atoms with E-state index in [-0.39, 0.29) is 6.04 Å². The van der Waals surface area contributed by atoms with Gasteiger partial charge in [-0.3, -0.25) is 4.68 Å². The highest BCUT2D eigenvalue weighted by molar-refractivity contribution is 5.39. The molecule has 2 N–H and O–H groups in total. The van der Waals surface area contributed by atoms with E-state index in [4.69, 9.17) is 10.5 Å². The summed E-state index contributed by atoms with van der Waals surface area (Å²) in [6.45, 7) is 2.00. The number of aromatic nitrogens is 3. The Bertz CT molecular complexity index is 521. The molecule has 1 aromatic heterocycles. The van der Waals surface area contributed by atoms with Crippen molar-refractivity contribution in [2.24, 2.45) is 12.8 Å². The molecule has 0 aliphatic carbocycles. The molecule has 90 valence electrons. The molecular formula is C12H16N4O. The topological polar surface area (TPSA) is 66.0 Å². The molecule has 5 heteroatoms. The lowest BCUT2D eigenvalue weighted by atomic mass is 10.0. The summed E-state index contributed by atoms with van der Waals surface area (Å²) < 4.78 is 6.96. The van der Waals surface area contributed by atoms with Crippen LogP contribution in [0.25, 0.3) is 0 Å². The van der Waals surface area contributed by atoms with E-state index < -0.39 is 0 Å². The average molecular weight is 232 g/mol. The highest BCUT2D eigenvalue weighted by Crippen LogP contribution is 2.24. The minimum absolute atomic E-state index is 0.294. The van der Waals surface area contributed by atoms with Gasteiger partial charge in [0.05, 0.1) is 13.2 Å². The standard InChI is InChI=1S/C12H16N4O/c1-8-4-5-9(6-10(8)17-3)11(13)12-14-7-15-16(12)2/h4-7,11H,13H2,1-3H3. The number of benzene rings is 1. The van der Waals surface area contributed by atoms with Gasteiger partial charge >= 0.3 is 0 Å². The first-order valence-electron chi connectivity index (χ1n) is 5.37. The molecule has 0 aliphatic heterocycles. The fraction of sp³-hybridized carbons (Fsp3) is 0.333. The van der Waals surface area contributed by atoms with Crippen molar-refractivity contribution < 1.29 is 4.74 Å². The minimum Gasteiger partial charge on any atom is -0.496 e. The number of methoxy groups -OCH3 is 1. The monoisotopic (exact) mass is 232 g/mol. The predicted molar refractivity (Wildman–Crippen MR) is 64.8 cm³/mol. The van der Waals surface area contributed by atoms with Crippen molar-refractivity contribution in [3.63, 3.8) is 0 Å². The van der Waals surface area contributed by atoms with E-state index in [1.807, 2.05) is 32.2 Å². The number of ether oxygens (including phenoxy) is 1. The van der Waals surface area contributed by atoms with Gasteiger partial charge in [-0.2, -0.15) is 5.10 Å². The molecule has 1 heterocycles. The van der Waals surface area contributed by atoms with Gasteiger partial charge in [0.25, 0.3) is 0 Å². The fourth-order valence-electron chi connectivity index (χ4n) is 1.77. The number of hydrogen-bond acceptors (Lipinski definition) is 4. The van der Waals surface area contributed by atoms with Crippen LogP contribution in [0, 0.1) is 6.92 Å². The van der Waals surface area contributed by atoms with Crippen LogP contribution in [0.3, 0.4) is 0 Å². The summed E-state index contributed by atoms with van der Waals surface area (Å²) >= 11 is 0. The van der Waals surface area contributed by atoms with Crippen molar-refractivity contribution in [2.45, 2.75) is 13.0 Å². The lowest BCUT2D eigenvalue weighted by molar-refractivity contribution is 0.411. The zero-order valence-corrected chi connectivity index (χ0v) is 10.2. The van der Waals surface area contributed by atoms with Crippen LogP contribution in [0.2, 0.25) is 0 Å². The van der Waals surface area contributed by atoms with E-state index in [0.29, 0.717) is 0 Å². The zero-order chi connectivity index (χ0) is 12.4. The SMILES string of the molecule is COc1cc(C(N)c2ncnn2C)ccc1C. The Hall–Kier alpha value is -1.88. The summed E-state index contributed by atoms with van der Waals surface area (Å²) in [5.74, 6) is 1.57. The highest BCUT2D eigenvalue weighted by atomic mass is 16.5. The number of rotatable bonds is 3.